The minimum absolute atomic E-state index is 0.0569. The summed E-state index contributed by atoms with van der Waals surface area (Å²) in [6, 6.07) is 17.8. The van der Waals surface area contributed by atoms with Gasteiger partial charge in [-0.15, -0.1) is 0 Å². The maximum Gasteiger partial charge on any atom is 0.305 e. The largest absolute Gasteiger partial charge is 0.481 e. The predicted octanol–water partition coefficient (Wildman–Crippen LogP) is 2.49. The molecule has 0 heterocycles. The van der Waals surface area contributed by atoms with E-state index in [4.69, 9.17) is 5.11 Å². The molecule has 108 valence electrons. The molecule has 0 unspecified atom stereocenters. The zero-order chi connectivity index (χ0) is 15.1. The third kappa shape index (κ3) is 4.76. The summed E-state index contributed by atoms with van der Waals surface area (Å²) < 4.78 is 0. The Balaban J connectivity index is 1.91. The molecular formula is C17H17NO3. The number of carbonyl (C=O) groups excluding carboxylic acids is 1. The van der Waals surface area contributed by atoms with Gasteiger partial charge in [0.2, 0.25) is 5.91 Å². The molecule has 0 aliphatic carbocycles. The molecule has 4 heteroatoms. The average molecular weight is 283 g/mol. The molecule has 0 aliphatic rings. The Morgan fingerprint density at radius 1 is 0.905 bits per heavy atom. The van der Waals surface area contributed by atoms with Gasteiger partial charge in [-0.3, -0.25) is 9.59 Å². The molecule has 2 rings (SSSR count). The number of amides is 1. The van der Waals surface area contributed by atoms with Gasteiger partial charge in [0.15, 0.2) is 0 Å². The maximum atomic E-state index is 11.6. The van der Waals surface area contributed by atoms with Crippen molar-refractivity contribution < 1.29 is 14.7 Å². The van der Waals surface area contributed by atoms with Crippen molar-refractivity contribution in [2.24, 2.45) is 0 Å². The fraction of sp³-hybridized carbons (Fsp3) is 0.176. The van der Waals surface area contributed by atoms with E-state index in [1.807, 2.05) is 54.6 Å². The van der Waals surface area contributed by atoms with Crippen molar-refractivity contribution >= 4 is 11.9 Å². The Kier molecular flexibility index (Phi) is 5.10. The average Bonchev–Trinajstić information content (AvgIpc) is 2.48. The molecule has 0 radical (unpaired) electrons. The Bertz CT molecular complexity index is 606. The van der Waals surface area contributed by atoms with Gasteiger partial charge in [-0.05, 0) is 16.7 Å². The summed E-state index contributed by atoms with van der Waals surface area (Å²) in [5.74, 6) is -1.08. The van der Waals surface area contributed by atoms with Gasteiger partial charge in [-0.2, -0.15) is 0 Å². The minimum atomic E-state index is -0.914. The third-order valence-corrected chi connectivity index (χ3v) is 3.09. The molecule has 2 aromatic rings. The maximum absolute atomic E-state index is 11.6. The van der Waals surface area contributed by atoms with Gasteiger partial charge >= 0.3 is 5.97 Å². The number of carbonyl (C=O) groups is 2. The van der Waals surface area contributed by atoms with Gasteiger partial charge in [0.25, 0.3) is 0 Å². The number of benzene rings is 2. The second-order valence-electron chi connectivity index (χ2n) is 4.73. The van der Waals surface area contributed by atoms with Crippen molar-refractivity contribution in [1.29, 1.82) is 0 Å². The van der Waals surface area contributed by atoms with Crippen LogP contribution >= 0.6 is 0 Å². The molecule has 0 atom stereocenters. The van der Waals surface area contributed by atoms with Gasteiger partial charge in [-0.1, -0.05) is 54.6 Å². The first-order chi connectivity index (χ1) is 10.1. The molecule has 2 aromatic carbocycles. The first-order valence-electron chi connectivity index (χ1n) is 6.78. The van der Waals surface area contributed by atoms with Crippen LogP contribution in [-0.4, -0.2) is 23.5 Å². The van der Waals surface area contributed by atoms with Crippen molar-refractivity contribution in [2.45, 2.75) is 12.8 Å². The third-order valence-electron chi connectivity index (χ3n) is 3.09. The summed E-state index contributed by atoms with van der Waals surface area (Å²) in [6.45, 7) is 0.163. The van der Waals surface area contributed by atoms with E-state index in [9.17, 15) is 9.59 Å². The highest BCUT2D eigenvalue weighted by atomic mass is 16.4. The summed E-state index contributed by atoms with van der Waals surface area (Å²) in [4.78, 5) is 22.0. The molecule has 0 bridgehead atoms. The van der Waals surface area contributed by atoms with E-state index in [1.165, 1.54) is 0 Å². The zero-order valence-corrected chi connectivity index (χ0v) is 11.6. The number of hydrogen-bond acceptors (Lipinski definition) is 2. The van der Waals surface area contributed by atoms with Crippen molar-refractivity contribution in [3.8, 4) is 11.1 Å². The lowest BCUT2D eigenvalue weighted by Gasteiger charge is -2.05. The van der Waals surface area contributed by atoms with E-state index in [1.54, 1.807) is 0 Å². The molecular weight excluding hydrogens is 266 g/mol. The number of rotatable bonds is 6. The van der Waals surface area contributed by atoms with Crippen molar-refractivity contribution in [1.82, 2.24) is 5.32 Å². The highest BCUT2D eigenvalue weighted by molar-refractivity contribution is 5.79. The molecule has 21 heavy (non-hydrogen) atoms. The fourth-order valence-electron chi connectivity index (χ4n) is 2.00. The Labute approximate surface area is 123 Å². The Hall–Kier alpha value is -2.62. The topological polar surface area (TPSA) is 66.4 Å². The van der Waals surface area contributed by atoms with E-state index in [0.717, 1.165) is 16.7 Å². The van der Waals surface area contributed by atoms with Crippen LogP contribution in [0.1, 0.15) is 12.0 Å². The first-order valence-corrected chi connectivity index (χ1v) is 6.78. The van der Waals surface area contributed by atoms with Crippen molar-refractivity contribution in [2.75, 3.05) is 6.54 Å². The molecule has 0 aromatic heterocycles. The number of hydrogen-bond donors (Lipinski definition) is 2. The van der Waals surface area contributed by atoms with E-state index in [0.29, 0.717) is 0 Å². The van der Waals surface area contributed by atoms with Crippen LogP contribution in [0.15, 0.2) is 54.6 Å². The summed E-state index contributed by atoms with van der Waals surface area (Å²) in [6.07, 6.45) is 0.202. The summed E-state index contributed by atoms with van der Waals surface area (Å²) >= 11 is 0. The lowest BCUT2D eigenvalue weighted by molar-refractivity contribution is -0.136. The number of carboxylic acid groups (broad SMARTS) is 1. The molecule has 4 nitrogen and oxygen atoms in total. The fourth-order valence-corrected chi connectivity index (χ4v) is 2.00. The molecule has 0 saturated heterocycles. The summed E-state index contributed by atoms with van der Waals surface area (Å²) in [7, 11) is 0. The molecule has 0 saturated carbocycles. The van der Waals surface area contributed by atoms with Crippen molar-refractivity contribution in [3.63, 3.8) is 0 Å². The highest BCUT2D eigenvalue weighted by Crippen LogP contribution is 2.19. The van der Waals surface area contributed by atoms with Crippen LogP contribution in [0.25, 0.3) is 11.1 Å². The monoisotopic (exact) mass is 283 g/mol. The summed E-state index contributed by atoms with van der Waals surface area (Å²) in [5.41, 5.74) is 3.14. The molecule has 2 N–H and O–H groups in total. The lowest BCUT2D eigenvalue weighted by Crippen LogP contribution is -2.27. The van der Waals surface area contributed by atoms with Crippen LogP contribution in [0.3, 0.4) is 0 Å². The minimum Gasteiger partial charge on any atom is -0.481 e. The first kappa shape index (κ1) is 14.8. The summed E-state index contributed by atoms with van der Waals surface area (Å²) in [5, 5.41) is 11.1. The van der Waals surface area contributed by atoms with Gasteiger partial charge < -0.3 is 10.4 Å². The quantitative estimate of drug-likeness (QED) is 0.856. The van der Waals surface area contributed by atoms with E-state index < -0.39 is 5.97 Å². The molecule has 0 aliphatic heterocycles. The second-order valence-corrected chi connectivity index (χ2v) is 4.73. The van der Waals surface area contributed by atoms with Gasteiger partial charge in [0, 0.05) is 6.54 Å². The Morgan fingerprint density at radius 3 is 2.14 bits per heavy atom. The highest BCUT2D eigenvalue weighted by Gasteiger charge is 2.05. The van der Waals surface area contributed by atoms with Crippen LogP contribution in [0.2, 0.25) is 0 Å². The van der Waals surface area contributed by atoms with Crippen molar-refractivity contribution in [3.05, 3.63) is 60.2 Å². The van der Waals surface area contributed by atoms with Crippen LogP contribution in [-0.2, 0) is 16.0 Å². The van der Waals surface area contributed by atoms with Crippen LogP contribution in [0.5, 0.6) is 0 Å². The number of carboxylic acids is 1. The second kappa shape index (κ2) is 7.24. The number of nitrogens with one attached hydrogen (secondary N) is 1. The van der Waals surface area contributed by atoms with Crippen LogP contribution < -0.4 is 5.32 Å². The zero-order valence-electron chi connectivity index (χ0n) is 11.6. The number of aliphatic carboxylic acids is 1. The van der Waals surface area contributed by atoms with E-state index in [-0.39, 0.29) is 25.3 Å². The van der Waals surface area contributed by atoms with E-state index in [2.05, 4.69) is 5.32 Å². The molecule has 0 spiro atoms. The molecule has 0 fully saturated rings. The smallest absolute Gasteiger partial charge is 0.305 e. The van der Waals surface area contributed by atoms with Crippen LogP contribution in [0.4, 0.5) is 0 Å². The van der Waals surface area contributed by atoms with Gasteiger partial charge in [-0.25, -0.2) is 0 Å². The predicted molar refractivity (Wildman–Crippen MR) is 80.8 cm³/mol. The lowest BCUT2D eigenvalue weighted by atomic mass is 10.0. The van der Waals surface area contributed by atoms with Gasteiger partial charge in [0.1, 0.15) is 0 Å². The SMILES string of the molecule is O=C(O)CCNC(=O)Cc1ccc(-c2ccccc2)cc1. The van der Waals surface area contributed by atoms with Crippen LogP contribution in [0, 0.1) is 0 Å². The molecule has 1 amide bonds. The van der Waals surface area contributed by atoms with Gasteiger partial charge in [0.05, 0.1) is 12.8 Å². The Morgan fingerprint density at radius 2 is 1.52 bits per heavy atom. The normalized spacial score (nSPS) is 10.1. The standard InChI is InChI=1S/C17H17NO3/c19-16(18-11-10-17(20)21)12-13-6-8-15(9-7-13)14-4-2-1-3-5-14/h1-9H,10-12H2,(H,18,19)(H,20,21). The van der Waals surface area contributed by atoms with E-state index >= 15 is 0 Å².